The number of fused-ring (bicyclic) bond motifs is 1. The summed E-state index contributed by atoms with van der Waals surface area (Å²) in [4.78, 5) is 15.6. The molecule has 0 spiro atoms. The molecule has 1 aromatic heterocycles. The first-order chi connectivity index (χ1) is 9.20. The summed E-state index contributed by atoms with van der Waals surface area (Å²) in [5.74, 6) is -1.43. The highest BCUT2D eigenvalue weighted by atomic mass is 16.4. The Labute approximate surface area is 119 Å². The highest BCUT2D eigenvalue weighted by Crippen LogP contribution is 2.28. The first kappa shape index (κ1) is 14.5. The van der Waals surface area contributed by atoms with Crippen LogP contribution in [0.25, 0.3) is 10.9 Å². The van der Waals surface area contributed by atoms with Crippen LogP contribution in [0.1, 0.15) is 50.4 Å². The third kappa shape index (κ3) is 2.67. The van der Waals surface area contributed by atoms with Gasteiger partial charge in [0.15, 0.2) is 0 Å². The van der Waals surface area contributed by atoms with Crippen LogP contribution in [-0.2, 0) is 10.2 Å². The van der Waals surface area contributed by atoms with Crippen molar-refractivity contribution in [2.24, 2.45) is 0 Å². The highest BCUT2D eigenvalue weighted by molar-refractivity contribution is 5.84. The number of benzene rings is 1. The lowest BCUT2D eigenvalue weighted by Gasteiger charge is -2.20. The summed E-state index contributed by atoms with van der Waals surface area (Å²) in [6.45, 7) is 10.2. The van der Waals surface area contributed by atoms with Crippen molar-refractivity contribution in [1.29, 1.82) is 0 Å². The van der Waals surface area contributed by atoms with Crippen LogP contribution < -0.4 is 0 Å². The van der Waals surface area contributed by atoms with Gasteiger partial charge in [-0.1, -0.05) is 26.8 Å². The van der Waals surface area contributed by atoms with E-state index in [0.29, 0.717) is 5.69 Å². The van der Waals surface area contributed by atoms with Crippen molar-refractivity contribution in [2.45, 2.75) is 46.0 Å². The number of hydrogen-bond acceptors (Lipinski definition) is 2. The Morgan fingerprint density at radius 1 is 1.25 bits per heavy atom. The lowest BCUT2D eigenvalue weighted by Crippen LogP contribution is -2.12. The summed E-state index contributed by atoms with van der Waals surface area (Å²) in [7, 11) is 0. The fourth-order valence-electron chi connectivity index (χ4n) is 2.24. The molecule has 0 aliphatic carbocycles. The molecule has 1 heterocycles. The second kappa shape index (κ2) is 4.89. The SMILES string of the molecule is Cc1cc(C(C)C(=O)O)nc2ccc(C(C)(C)C)cc12. The monoisotopic (exact) mass is 271 g/mol. The van der Waals surface area contributed by atoms with Crippen LogP contribution in [0.2, 0.25) is 0 Å². The Kier molecular flexibility index (Phi) is 3.55. The molecule has 0 amide bonds. The maximum absolute atomic E-state index is 11.1. The zero-order valence-corrected chi connectivity index (χ0v) is 12.7. The predicted molar refractivity (Wildman–Crippen MR) is 81.2 cm³/mol. The molecule has 0 aliphatic rings. The molecule has 0 radical (unpaired) electrons. The lowest BCUT2D eigenvalue weighted by molar-refractivity contribution is -0.138. The number of carbonyl (C=O) groups is 1. The molecule has 1 atom stereocenters. The normalized spacial score (nSPS) is 13.4. The zero-order chi connectivity index (χ0) is 15.1. The Hall–Kier alpha value is -1.90. The van der Waals surface area contributed by atoms with Gasteiger partial charge in [-0.05, 0) is 48.6 Å². The average Bonchev–Trinajstić information content (AvgIpc) is 2.36. The van der Waals surface area contributed by atoms with Crippen LogP contribution in [0.15, 0.2) is 24.3 Å². The van der Waals surface area contributed by atoms with Gasteiger partial charge in [0.2, 0.25) is 0 Å². The maximum Gasteiger partial charge on any atom is 0.312 e. The van der Waals surface area contributed by atoms with Crippen molar-refractivity contribution in [3.8, 4) is 0 Å². The first-order valence-corrected chi connectivity index (χ1v) is 6.85. The first-order valence-electron chi connectivity index (χ1n) is 6.85. The summed E-state index contributed by atoms with van der Waals surface area (Å²) >= 11 is 0. The average molecular weight is 271 g/mol. The lowest BCUT2D eigenvalue weighted by atomic mass is 9.86. The molecule has 2 rings (SSSR count). The third-order valence-electron chi connectivity index (χ3n) is 3.72. The van der Waals surface area contributed by atoms with Crippen molar-refractivity contribution in [3.05, 3.63) is 41.1 Å². The maximum atomic E-state index is 11.1. The van der Waals surface area contributed by atoms with Crippen molar-refractivity contribution < 1.29 is 9.90 Å². The summed E-state index contributed by atoms with van der Waals surface area (Å²) < 4.78 is 0. The summed E-state index contributed by atoms with van der Waals surface area (Å²) in [6.07, 6.45) is 0. The van der Waals surface area contributed by atoms with E-state index in [1.165, 1.54) is 5.56 Å². The predicted octanol–water partition coefficient (Wildman–Crippen LogP) is 4.03. The van der Waals surface area contributed by atoms with Gasteiger partial charge < -0.3 is 5.11 Å². The number of nitrogens with zero attached hydrogens (tertiary/aromatic N) is 1. The van der Waals surface area contributed by atoms with Crippen molar-refractivity contribution >= 4 is 16.9 Å². The van der Waals surface area contributed by atoms with Gasteiger partial charge >= 0.3 is 5.97 Å². The van der Waals surface area contributed by atoms with E-state index in [-0.39, 0.29) is 5.41 Å². The molecule has 0 bridgehead atoms. The largest absolute Gasteiger partial charge is 0.481 e. The van der Waals surface area contributed by atoms with Gasteiger partial charge in [0, 0.05) is 5.39 Å². The van der Waals surface area contributed by atoms with E-state index in [2.05, 4.69) is 37.9 Å². The van der Waals surface area contributed by atoms with Crippen LogP contribution in [0, 0.1) is 6.92 Å². The van der Waals surface area contributed by atoms with Gasteiger partial charge in [-0.15, -0.1) is 0 Å². The van der Waals surface area contributed by atoms with E-state index in [1.807, 2.05) is 19.1 Å². The molecular weight excluding hydrogens is 250 g/mol. The Balaban J connectivity index is 2.61. The topological polar surface area (TPSA) is 50.2 Å². The van der Waals surface area contributed by atoms with Crippen molar-refractivity contribution in [3.63, 3.8) is 0 Å². The van der Waals surface area contributed by atoms with Crippen LogP contribution in [0.5, 0.6) is 0 Å². The quantitative estimate of drug-likeness (QED) is 0.897. The van der Waals surface area contributed by atoms with E-state index >= 15 is 0 Å². The second-order valence-corrected chi connectivity index (χ2v) is 6.41. The number of rotatable bonds is 2. The molecule has 1 unspecified atom stereocenters. The minimum Gasteiger partial charge on any atom is -0.481 e. The minimum atomic E-state index is -0.845. The standard InChI is InChI=1S/C17H21NO2/c1-10-8-15(11(2)16(19)20)18-14-7-6-12(9-13(10)14)17(3,4)5/h6-9,11H,1-5H3,(H,19,20). The number of hydrogen-bond donors (Lipinski definition) is 1. The molecule has 1 N–H and O–H groups in total. The second-order valence-electron chi connectivity index (χ2n) is 6.41. The Bertz CT molecular complexity index is 668. The number of aryl methyl sites for hydroxylation is 1. The van der Waals surface area contributed by atoms with Crippen LogP contribution in [0.3, 0.4) is 0 Å². The molecule has 0 aliphatic heterocycles. The molecule has 1 aromatic carbocycles. The third-order valence-corrected chi connectivity index (χ3v) is 3.72. The molecule has 2 aromatic rings. The zero-order valence-electron chi connectivity index (χ0n) is 12.7. The fourth-order valence-corrected chi connectivity index (χ4v) is 2.24. The number of aromatic nitrogens is 1. The van der Waals surface area contributed by atoms with Gasteiger partial charge in [0.05, 0.1) is 17.1 Å². The van der Waals surface area contributed by atoms with E-state index in [9.17, 15) is 4.79 Å². The van der Waals surface area contributed by atoms with Crippen LogP contribution in [0.4, 0.5) is 0 Å². The molecule has 106 valence electrons. The molecule has 20 heavy (non-hydrogen) atoms. The fraction of sp³-hybridized carbons (Fsp3) is 0.412. The van der Waals surface area contributed by atoms with Crippen LogP contribution >= 0.6 is 0 Å². The number of carboxylic acid groups (broad SMARTS) is 1. The number of aliphatic carboxylic acids is 1. The summed E-state index contributed by atoms with van der Waals surface area (Å²) in [6, 6.07) is 8.10. The van der Waals surface area contributed by atoms with Gasteiger partial charge in [-0.2, -0.15) is 0 Å². The van der Waals surface area contributed by atoms with Gasteiger partial charge in [0.25, 0.3) is 0 Å². The van der Waals surface area contributed by atoms with Gasteiger partial charge in [-0.25, -0.2) is 0 Å². The number of pyridine rings is 1. The van der Waals surface area contributed by atoms with Gasteiger partial charge in [0.1, 0.15) is 0 Å². The molecular formula is C17H21NO2. The molecule has 0 saturated carbocycles. The Morgan fingerprint density at radius 2 is 1.90 bits per heavy atom. The van der Waals surface area contributed by atoms with Crippen molar-refractivity contribution in [1.82, 2.24) is 4.98 Å². The van der Waals surface area contributed by atoms with E-state index in [0.717, 1.165) is 16.5 Å². The minimum absolute atomic E-state index is 0.0909. The Morgan fingerprint density at radius 3 is 2.45 bits per heavy atom. The number of carboxylic acids is 1. The highest BCUT2D eigenvalue weighted by Gasteiger charge is 2.18. The van der Waals surface area contributed by atoms with E-state index in [1.54, 1.807) is 6.92 Å². The van der Waals surface area contributed by atoms with Crippen LogP contribution in [-0.4, -0.2) is 16.1 Å². The van der Waals surface area contributed by atoms with Gasteiger partial charge in [-0.3, -0.25) is 9.78 Å². The van der Waals surface area contributed by atoms with Crippen molar-refractivity contribution in [2.75, 3.05) is 0 Å². The molecule has 0 fully saturated rings. The summed E-state index contributed by atoms with van der Waals surface area (Å²) in [5.41, 5.74) is 3.90. The molecule has 0 saturated heterocycles. The smallest absolute Gasteiger partial charge is 0.312 e. The molecule has 3 nitrogen and oxygen atoms in total. The van der Waals surface area contributed by atoms with E-state index in [4.69, 9.17) is 5.11 Å². The summed E-state index contributed by atoms with van der Waals surface area (Å²) in [5, 5.41) is 10.2. The van der Waals surface area contributed by atoms with E-state index < -0.39 is 11.9 Å². The molecule has 3 heteroatoms.